The molecule has 0 aliphatic carbocycles. The number of carbonyl (C=O) groups is 1. The van der Waals surface area contributed by atoms with E-state index in [1.165, 1.54) is 4.57 Å². The van der Waals surface area contributed by atoms with E-state index >= 15 is 0 Å². The molecule has 8 heteroatoms. The second-order valence-corrected chi connectivity index (χ2v) is 4.09. The average molecular weight is 264 g/mol. The molecule has 0 aliphatic rings. The van der Waals surface area contributed by atoms with E-state index in [2.05, 4.69) is 5.10 Å². The molecule has 1 unspecified atom stereocenters. The summed E-state index contributed by atoms with van der Waals surface area (Å²) in [5, 5.41) is 12.9. The van der Waals surface area contributed by atoms with E-state index in [-0.39, 0.29) is 6.04 Å². The summed E-state index contributed by atoms with van der Waals surface area (Å²) >= 11 is 0. The number of nitrogens with zero attached hydrogens (tertiary/aromatic N) is 3. The van der Waals surface area contributed by atoms with Crippen molar-refractivity contribution in [1.82, 2.24) is 19.3 Å². The van der Waals surface area contributed by atoms with E-state index in [9.17, 15) is 14.4 Å². The highest BCUT2D eigenvalue weighted by atomic mass is 16.4. The molecule has 0 amide bonds. The third-order valence-corrected chi connectivity index (χ3v) is 2.68. The van der Waals surface area contributed by atoms with Gasteiger partial charge in [-0.1, -0.05) is 0 Å². The van der Waals surface area contributed by atoms with Crippen molar-refractivity contribution in [3.8, 4) is 0 Å². The lowest BCUT2D eigenvalue weighted by Gasteiger charge is -2.14. The Bertz CT molecular complexity index is 698. The van der Waals surface area contributed by atoms with Gasteiger partial charge in [0.25, 0.3) is 5.56 Å². The molecule has 0 fully saturated rings. The number of aromatic carboxylic acids is 1. The maximum Gasteiger partial charge on any atom is 0.342 e. The second kappa shape index (κ2) is 4.92. The fourth-order valence-corrected chi connectivity index (χ4v) is 1.73. The minimum atomic E-state index is -1.37. The third kappa shape index (κ3) is 2.62. The van der Waals surface area contributed by atoms with Gasteiger partial charge in [-0.05, 0) is 13.0 Å². The van der Waals surface area contributed by atoms with Gasteiger partial charge in [-0.15, -0.1) is 0 Å². The van der Waals surface area contributed by atoms with Crippen LogP contribution in [0.4, 0.5) is 0 Å². The first kappa shape index (κ1) is 12.8. The number of nitrogens with one attached hydrogen (secondary N) is 1. The summed E-state index contributed by atoms with van der Waals surface area (Å²) in [6, 6.07) is 1.40. The van der Waals surface area contributed by atoms with Crippen LogP contribution in [0.5, 0.6) is 0 Å². The first-order valence-corrected chi connectivity index (χ1v) is 5.55. The van der Waals surface area contributed by atoms with Gasteiger partial charge in [0.1, 0.15) is 5.56 Å². The minimum Gasteiger partial charge on any atom is -0.477 e. The molecular weight excluding hydrogens is 252 g/mol. The Labute approximate surface area is 106 Å². The molecule has 0 spiro atoms. The Morgan fingerprint density at radius 1 is 1.53 bits per heavy atom. The summed E-state index contributed by atoms with van der Waals surface area (Å²) in [4.78, 5) is 35.8. The van der Waals surface area contributed by atoms with E-state index in [1.807, 2.05) is 4.98 Å². The van der Waals surface area contributed by atoms with Gasteiger partial charge in [0.15, 0.2) is 0 Å². The molecule has 0 aliphatic heterocycles. The van der Waals surface area contributed by atoms with Gasteiger partial charge in [0.05, 0.1) is 12.6 Å². The topological polar surface area (TPSA) is 110 Å². The van der Waals surface area contributed by atoms with Crippen LogP contribution < -0.4 is 11.2 Å². The molecule has 0 radical (unpaired) electrons. The van der Waals surface area contributed by atoms with E-state index < -0.39 is 22.8 Å². The summed E-state index contributed by atoms with van der Waals surface area (Å²) in [5.41, 5.74) is -2.01. The van der Waals surface area contributed by atoms with Gasteiger partial charge in [0.2, 0.25) is 0 Å². The van der Waals surface area contributed by atoms with Crippen LogP contribution in [0.3, 0.4) is 0 Å². The molecule has 2 N–H and O–H groups in total. The standard InChI is InChI=1S/C11H12N4O4/c1-7(5-14-4-2-3-12-14)15-6-8(10(17)18)9(16)13-11(15)19/h2-4,6-7H,5H2,1H3,(H,17,18)(H,13,16,19). The van der Waals surface area contributed by atoms with Crippen LogP contribution in [0.2, 0.25) is 0 Å². The third-order valence-electron chi connectivity index (χ3n) is 2.68. The van der Waals surface area contributed by atoms with Crippen molar-refractivity contribution in [3.05, 3.63) is 51.1 Å². The molecule has 0 aromatic carbocycles. The van der Waals surface area contributed by atoms with Crippen LogP contribution >= 0.6 is 0 Å². The number of rotatable bonds is 4. The summed E-state index contributed by atoms with van der Waals surface area (Å²) in [5.74, 6) is -1.37. The summed E-state index contributed by atoms with van der Waals surface area (Å²) in [6.07, 6.45) is 4.38. The largest absolute Gasteiger partial charge is 0.477 e. The molecular formula is C11H12N4O4. The highest BCUT2D eigenvalue weighted by Crippen LogP contribution is 2.05. The molecule has 0 bridgehead atoms. The molecule has 0 saturated heterocycles. The lowest BCUT2D eigenvalue weighted by molar-refractivity contribution is 0.0693. The summed E-state index contributed by atoms with van der Waals surface area (Å²) in [6.45, 7) is 2.12. The first-order chi connectivity index (χ1) is 8.99. The summed E-state index contributed by atoms with van der Waals surface area (Å²) in [7, 11) is 0. The van der Waals surface area contributed by atoms with Crippen molar-refractivity contribution >= 4 is 5.97 Å². The SMILES string of the molecule is CC(Cn1cccn1)n1cc(C(=O)O)c(=O)[nH]c1=O. The molecule has 2 rings (SSSR count). The van der Waals surface area contributed by atoms with E-state index in [0.29, 0.717) is 6.54 Å². The Kier molecular flexibility index (Phi) is 3.32. The zero-order valence-corrected chi connectivity index (χ0v) is 10.1. The lowest BCUT2D eigenvalue weighted by atomic mass is 10.3. The van der Waals surface area contributed by atoms with Gasteiger partial charge in [-0.3, -0.25) is 19.0 Å². The number of hydrogen-bond donors (Lipinski definition) is 2. The number of aromatic nitrogens is 4. The van der Waals surface area contributed by atoms with Gasteiger partial charge in [-0.25, -0.2) is 9.59 Å². The molecule has 100 valence electrons. The van der Waals surface area contributed by atoms with E-state index in [0.717, 1.165) is 6.20 Å². The highest BCUT2D eigenvalue weighted by Gasteiger charge is 2.15. The predicted octanol–water partition coefficient (Wildman–Crippen LogP) is -0.308. The quantitative estimate of drug-likeness (QED) is 0.787. The summed E-state index contributed by atoms with van der Waals surface area (Å²) < 4.78 is 2.79. The Balaban J connectivity index is 2.39. The van der Waals surface area contributed by atoms with Crippen LogP contribution in [0.1, 0.15) is 23.3 Å². The zero-order chi connectivity index (χ0) is 14.0. The van der Waals surface area contributed by atoms with Crippen molar-refractivity contribution < 1.29 is 9.90 Å². The predicted molar refractivity (Wildman–Crippen MR) is 65.2 cm³/mol. The maximum atomic E-state index is 11.7. The molecule has 8 nitrogen and oxygen atoms in total. The molecule has 0 saturated carbocycles. The number of hydrogen-bond acceptors (Lipinski definition) is 4. The van der Waals surface area contributed by atoms with Crippen LogP contribution in [0.15, 0.2) is 34.2 Å². The molecule has 2 heterocycles. The van der Waals surface area contributed by atoms with Crippen LogP contribution in [-0.2, 0) is 6.54 Å². The fraction of sp³-hybridized carbons (Fsp3) is 0.273. The smallest absolute Gasteiger partial charge is 0.342 e. The van der Waals surface area contributed by atoms with Crippen molar-refractivity contribution in [2.75, 3.05) is 0 Å². The Morgan fingerprint density at radius 3 is 2.84 bits per heavy atom. The zero-order valence-electron chi connectivity index (χ0n) is 10.1. The molecule has 2 aromatic rings. The maximum absolute atomic E-state index is 11.7. The van der Waals surface area contributed by atoms with Gasteiger partial charge < -0.3 is 5.11 Å². The number of carboxylic acids is 1. The normalized spacial score (nSPS) is 12.3. The van der Waals surface area contributed by atoms with Gasteiger partial charge in [-0.2, -0.15) is 5.10 Å². The van der Waals surface area contributed by atoms with Crippen LogP contribution in [-0.4, -0.2) is 30.4 Å². The van der Waals surface area contributed by atoms with Crippen LogP contribution in [0.25, 0.3) is 0 Å². The number of carboxylic acid groups (broad SMARTS) is 1. The molecule has 1 atom stereocenters. The van der Waals surface area contributed by atoms with E-state index in [1.54, 1.807) is 30.1 Å². The monoisotopic (exact) mass is 264 g/mol. The van der Waals surface area contributed by atoms with Crippen LogP contribution in [0, 0.1) is 0 Å². The number of aromatic amines is 1. The van der Waals surface area contributed by atoms with Crippen molar-refractivity contribution in [2.45, 2.75) is 19.5 Å². The molecule has 19 heavy (non-hydrogen) atoms. The second-order valence-electron chi connectivity index (χ2n) is 4.09. The van der Waals surface area contributed by atoms with Gasteiger partial charge in [0, 0.05) is 18.6 Å². The Hall–Kier alpha value is -2.64. The number of H-pyrrole nitrogens is 1. The average Bonchev–Trinajstić information content (AvgIpc) is 2.81. The fourth-order valence-electron chi connectivity index (χ4n) is 1.73. The lowest BCUT2D eigenvalue weighted by Crippen LogP contribution is -2.35. The minimum absolute atomic E-state index is 0.345. The van der Waals surface area contributed by atoms with Crippen molar-refractivity contribution in [3.63, 3.8) is 0 Å². The van der Waals surface area contributed by atoms with Gasteiger partial charge >= 0.3 is 11.7 Å². The van der Waals surface area contributed by atoms with Crippen molar-refractivity contribution in [2.24, 2.45) is 0 Å². The molecule has 2 aromatic heterocycles. The van der Waals surface area contributed by atoms with Crippen molar-refractivity contribution in [1.29, 1.82) is 0 Å². The first-order valence-electron chi connectivity index (χ1n) is 5.55. The highest BCUT2D eigenvalue weighted by molar-refractivity contribution is 5.86. The Morgan fingerprint density at radius 2 is 2.26 bits per heavy atom. The van der Waals surface area contributed by atoms with E-state index in [4.69, 9.17) is 5.11 Å².